The van der Waals surface area contributed by atoms with Crippen LogP contribution >= 0.6 is 0 Å². The SMILES string of the molecule is Cc1ccc(-n2cc(C(=O)N3CCC(C)(CN)C3)c(-c3ccccc3)n2)cc1. The highest BCUT2D eigenvalue weighted by Gasteiger charge is 2.36. The highest BCUT2D eigenvalue weighted by Crippen LogP contribution is 2.32. The number of nitrogens with zero attached hydrogens (tertiary/aromatic N) is 3. The average molecular weight is 374 g/mol. The van der Waals surface area contributed by atoms with E-state index in [4.69, 9.17) is 10.8 Å². The number of likely N-dealkylation sites (tertiary alicyclic amines) is 1. The first kappa shape index (κ1) is 18.4. The number of carbonyl (C=O) groups excluding carboxylic acids is 1. The zero-order valence-electron chi connectivity index (χ0n) is 16.4. The summed E-state index contributed by atoms with van der Waals surface area (Å²) in [7, 11) is 0. The maximum Gasteiger partial charge on any atom is 0.257 e. The molecule has 2 aromatic carbocycles. The summed E-state index contributed by atoms with van der Waals surface area (Å²) in [5, 5.41) is 4.77. The summed E-state index contributed by atoms with van der Waals surface area (Å²) >= 11 is 0. The van der Waals surface area contributed by atoms with Crippen LogP contribution in [0.1, 0.15) is 29.3 Å². The lowest BCUT2D eigenvalue weighted by molar-refractivity contribution is 0.0777. The van der Waals surface area contributed by atoms with Crippen LogP contribution in [0, 0.1) is 12.3 Å². The maximum atomic E-state index is 13.4. The van der Waals surface area contributed by atoms with Crippen LogP contribution in [-0.2, 0) is 0 Å². The number of carbonyl (C=O) groups is 1. The molecule has 1 aliphatic heterocycles. The molecular formula is C23H26N4O. The summed E-state index contributed by atoms with van der Waals surface area (Å²) in [4.78, 5) is 15.3. The molecule has 5 heteroatoms. The Morgan fingerprint density at radius 3 is 2.50 bits per heavy atom. The Balaban J connectivity index is 1.75. The number of aromatic nitrogens is 2. The number of aryl methyl sites for hydroxylation is 1. The predicted molar refractivity (Wildman–Crippen MR) is 111 cm³/mol. The van der Waals surface area contributed by atoms with E-state index in [9.17, 15) is 4.79 Å². The molecule has 1 aromatic heterocycles. The zero-order valence-corrected chi connectivity index (χ0v) is 16.4. The van der Waals surface area contributed by atoms with E-state index in [0.29, 0.717) is 24.3 Å². The standard InChI is InChI=1S/C23H26N4O/c1-17-8-10-19(11-9-17)27-14-20(21(25-27)18-6-4-3-5-7-18)22(28)26-13-12-23(2,15-24)16-26/h3-11,14H,12-13,15-16,24H2,1-2H3. The molecule has 0 spiro atoms. The van der Waals surface area contributed by atoms with E-state index < -0.39 is 0 Å². The quantitative estimate of drug-likeness (QED) is 0.758. The predicted octanol–water partition coefficient (Wildman–Crippen LogP) is 3.66. The van der Waals surface area contributed by atoms with Gasteiger partial charge in [-0.2, -0.15) is 5.10 Å². The Morgan fingerprint density at radius 1 is 1.14 bits per heavy atom. The third-order valence-electron chi connectivity index (χ3n) is 5.63. The van der Waals surface area contributed by atoms with Crippen molar-refractivity contribution >= 4 is 5.91 Å². The van der Waals surface area contributed by atoms with Crippen molar-refractivity contribution in [3.05, 3.63) is 71.9 Å². The first-order chi connectivity index (χ1) is 13.5. The summed E-state index contributed by atoms with van der Waals surface area (Å²) < 4.78 is 1.80. The molecule has 4 rings (SSSR count). The van der Waals surface area contributed by atoms with Gasteiger partial charge in [0.05, 0.1) is 11.3 Å². The molecule has 3 aromatic rings. The fraction of sp³-hybridized carbons (Fsp3) is 0.304. The Labute approximate surface area is 165 Å². The molecular weight excluding hydrogens is 348 g/mol. The van der Waals surface area contributed by atoms with Crippen molar-refractivity contribution in [2.75, 3.05) is 19.6 Å². The van der Waals surface area contributed by atoms with E-state index in [1.165, 1.54) is 5.56 Å². The van der Waals surface area contributed by atoms with Crippen LogP contribution in [0.25, 0.3) is 16.9 Å². The minimum absolute atomic E-state index is 0.00444. The van der Waals surface area contributed by atoms with E-state index in [1.807, 2.05) is 65.7 Å². The fourth-order valence-corrected chi connectivity index (χ4v) is 3.70. The average Bonchev–Trinajstić information content (AvgIpc) is 3.34. The lowest BCUT2D eigenvalue weighted by atomic mass is 9.90. The van der Waals surface area contributed by atoms with Gasteiger partial charge in [0.1, 0.15) is 5.69 Å². The number of benzene rings is 2. The summed E-state index contributed by atoms with van der Waals surface area (Å²) in [5.41, 5.74) is 10.3. The monoisotopic (exact) mass is 374 g/mol. The third-order valence-corrected chi connectivity index (χ3v) is 5.63. The van der Waals surface area contributed by atoms with Gasteiger partial charge in [-0.05, 0) is 37.4 Å². The second-order valence-electron chi connectivity index (χ2n) is 8.03. The molecule has 0 aliphatic carbocycles. The largest absolute Gasteiger partial charge is 0.338 e. The number of hydrogen-bond donors (Lipinski definition) is 1. The highest BCUT2D eigenvalue weighted by molar-refractivity contribution is 6.00. The van der Waals surface area contributed by atoms with Crippen LogP contribution in [0.2, 0.25) is 0 Å². The number of nitrogens with two attached hydrogens (primary N) is 1. The fourth-order valence-electron chi connectivity index (χ4n) is 3.70. The minimum atomic E-state index is -0.00444. The molecule has 5 nitrogen and oxygen atoms in total. The molecule has 144 valence electrons. The molecule has 1 unspecified atom stereocenters. The molecule has 2 heterocycles. The van der Waals surface area contributed by atoms with Crippen LogP contribution in [0.5, 0.6) is 0 Å². The van der Waals surface area contributed by atoms with Gasteiger partial charge >= 0.3 is 0 Å². The van der Waals surface area contributed by atoms with Crippen LogP contribution in [0.4, 0.5) is 0 Å². The molecule has 1 saturated heterocycles. The van der Waals surface area contributed by atoms with Crippen LogP contribution in [0.3, 0.4) is 0 Å². The van der Waals surface area contributed by atoms with Gasteiger partial charge in [0.25, 0.3) is 5.91 Å². The van der Waals surface area contributed by atoms with Gasteiger partial charge in [-0.1, -0.05) is 55.0 Å². The second kappa shape index (κ2) is 7.24. The van der Waals surface area contributed by atoms with Gasteiger partial charge in [0.15, 0.2) is 0 Å². The molecule has 0 radical (unpaired) electrons. The Kier molecular flexibility index (Phi) is 4.77. The van der Waals surface area contributed by atoms with Gasteiger partial charge < -0.3 is 10.6 Å². The van der Waals surface area contributed by atoms with E-state index in [1.54, 1.807) is 4.68 Å². The zero-order chi connectivity index (χ0) is 19.7. The van der Waals surface area contributed by atoms with Crippen LogP contribution in [0.15, 0.2) is 60.8 Å². The molecule has 1 aliphatic rings. The maximum absolute atomic E-state index is 13.4. The molecule has 2 N–H and O–H groups in total. The normalized spacial score (nSPS) is 19.2. The molecule has 1 atom stereocenters. The molecule has 1 fully saturated rings. The van der Waals surface area contributed by atoms with Crippen molar-refractivity contribution in [3.8, 4) is 16.9 Å². The van der Waals surface area contributed by atoms with Gasteiger partial charge in [-0.25, -0.2) is 4.68 Å². The second-order valence-corrected chi connectivity index (χ2v) is 8.03. The van der Waals surface area contributed by atoms with Crippen molar-refractivity contribution < 1.29 is 4.79 Å². The molecule has 1 amide bonds. The van der Waals surface area contributed by atoms with Crippen molar-refractivity contribution in [2.45, 2.75) is 20.3 Å². The Hall–Kier alpha value is -2.92. The summed E-state index contributed by atoms with van der Waals surface area (Å²) in [5.74, 6) is 0.0226. The first-order valence-corrected chi connectivity index (χ1v) is 9.71. The van der Waals surface area contributed by atoms with E-state index in [-0.39, 0.29) is 11.3 Å². The molecule has 28 heavy (non-hydrogen) atoms. The van der Waals surface area contributed by atoms with Crippen LogP contribution < -0.4 is 5.73 Å². The highest BCUT2D eigenvalue weighted by atomic mass is 16.2. The van der Waals surface area contributed by atoms with Gasteiger partial charge in [-0.3, -0.25) is 4.79 Å². The summed E-state index contributed by atoms with van der Waals surface area (Å²) in [6, 6.07) is 18.0. The summed E-state index contributed by atoms with van der Waals surface area (Å²) in [6.07, 6.45) is 2.79. The van der Waals surface area contributed by atoms with Crippen molar-refractivity contribution in [1.29, 1.82) is 0 Å². The molecule has 0 saturated carbocycles. The minimum Gasteiger partial charge on any atom is -0.338 e. The topological polar surface area (TPSA) is 64.2 Å². The Morgan fingerprint density at radius 2 is 1.86 bits per heavy atom. The first-order valence-electron chi connectivity index (χ1n) is 9.71. The number of amides is 1. The smallest absolute Gasteiger partial charge is 0.257 e. The number of hydrogen-bond acceptors (Lipinski definition) is 3. The van der Waals surface area contributed by atoms with Crippen molar-refractivity contribution in [3.63, 3.8) is 0 Å². The van der Waals surface area contributed by atoms with Crippen molar-refractivity contribution in [1.82, 2.24) is 14.7 Å². The van der Waals surface area contributed by atoms with E-state index in [2.05, 4.69) is 13.8 Å². The lowest BCUT2D eigenvalue weighted by Gasteiger charge is -2.22. The van der Waals surface area contributed by atoms with Gasteiger partial charge in [0, 0.05) is 24.8 Å². The summed E-state index contributed by atoms with van der Waals surface area (Å²) in [6.45, 7) is 6.21. The van der Waals surface area contributed by atoms with Crippen LogP contribution in [-0.4, -0.2) is 40.2 Å². The lowest BCUT2D eigenvalue weighted by Crippen LogP contribution is -2.34. The number of rotatable bonds is 4. The molecule has 0 bridgehead atoms. The Bertz CT molecular complexity index is 978. The van der Waals surface area contributed by atoms with E-state index in [0.717, 1.165) is 24.2 Å². The van der Waals surface area contributed by atoms with Gasteiger partial charge in [-0.15, -0.1) is 0 Å². The third kappa shape index (κ3) is 3.45. The van der Waals surface area contributed by atoms with Gasteiger partial charge in [0.2, 0.25) is 0 Å². The van der Waals surface area contributed by atoms with E-state index >= 15 is 0 Å². The van der Waals surface area contributed by atoms with Crippen molar-refractivity contribution in [2.24, 2.45) is 11.1 Å².